The third-order valence-electron chi connectivity index (χ3n) is 5.82. The molecule has 1 aliphatic rings. The second-order valence-electron chi connectivity index (χ2n) is 8.36. The predicted octanol–water partition coefficient (Wildman–Crippen LogP) is 3.25. The van der Waals surface area contributed by atoms with Crippen LogP contribution in [0.1, 0.15) is 22.5 Å². The number of hydrogen-bond acceptors (Lipinski definition) is 7. The van der Waals surface area contributed by atoms with Gasteiger partial charge < -0.3 is 19.1 Å². The molecule has 8 nitrogen and oxygen atoms in total. The van der Waals surface area contributed by atoms with Gasteiger partial charge in [-0.15, -0.1) is 0 Å². The van der Waals surface area contributed by atoms with E-state index >= 15 is 0 Å². The van der Waals surface area contributed by atoms with Crippen molar-refractivity contribution in [3.63, 3.8) is 0 Å². The lowest BCUT2D eigenvalue weighted by Gasteiger charge is -2.27. The van der Waals surface area contributed by atoms with E-state index in [-0.39, 0.29) is 29.7 Å². The minimum atomic E-state index is -3.17. The number of sulfone groups is 1. The fraction of sp³-hybridized carbons (Fsp3) is 0.333. The molecular weight excluding hydrogens is 442 g/mol. The van der Waals surface area contributed by atoms with Crippen molar-refractivity contribution in [3.05, 3.63) is 65.9 Å². The number of methoxy groups -OCH3 is 1. The fourth-order valence-electron chi connectivity index (χ4n) is 3.90. The Kier molecular flexibility index (Phi) is 6.42. The van der Waals surface area contributed by atoms with Crippen LogP contribution in [0.25, 0.3) is 11.3 Å². The van der Waals surface area contributed by atoms with Crippen molar-refractivity contribution in [2.75, 3.05) is 37.6 Å². The van der Waals surface area contributed by atoms with Gasteiger partial charge in [0, 0.05) is 44.0 Å². The summed E-state index contributed by atoms with van der Waals surface area (Å²) in [5.41, 5.74) is 2.87. The zero-order valence-corrected chi connectivity index (χ0v) is 19.7. The van der Waals surface area contributed by atoms with Crippen LogP contribution in [0.15, 0.2) is 59.1 Å². The lowest BCUT2D eigenvalue weighted by Crippen LogP contribution is -2.40. The second kappa shape index (κ2) is 9.27. The molecule has 4 rings (SSSR count). The number of nitrogens with zero attached hydrogens (tertiary/aromatic N) is 3. The van der Waals surface area contributed by atoms with Crippen molar-refractivity contribution in [1.82, 2.24) is 10.1 Å². The van der Waals surface area contributed by atoms with Gasteiger partial charge in [-0.1, -0.05) is 17.3 Å². The van der Waals surface area contributed by atoms with Crippen molar-refractivity contribution in [1.29, 1.82) is 0 Å². The molecule has 1 aliphatic heterocycles. The molecule has 9 heteroatoms. The van der Waals surface area contributed by atoms with Crippen LogP contribution in [-0.2, 0) is 16.4 Å². The third kappa shape index (κ3) is 5.19. The maximum absolute atomic E-state index is 13.4. The van der Waals surface area contributed by atoms with E-state index in [1.54, 1.807) is 30.2 Å². The molecule has 0 spiro atoms. The quantitative estimate of drug-likeness (QED) is 0.524. The summed E-state index contributed by atoms with van der Waals surface area (Å²) in [6.07, 6.45) is 0.410. The lowest BCUT2D eigenvalue weighted by atomic mass is 10.1. The van der Waals surface area contributed by atoms with Gasteiger partial charge in [-0.25, -0.2) is 8.42 Å². The molecule has 1 amide bonds. The Bertz CT molecular complexity index is 1220. The topological polar surface area (TPSA) is 93.0 Å². The van der Waals surface area contributed by atoms with Gasteiger partial charge in [-0.05, 0) is 48.4 Å². The molecule has 0 saturated carbocycles. The van der Waals surface area contributed by atoms with Crippen molar-refractivity contribution in [3.8, 4) is 17.1 Å². The van der Waals surface area contributed by atoms with Crippen molar-refractivity contribution >= 4 is 21.4 Å². The summed E-state index contributed by atoms with van der Waals surface area (Å²) in [5.74, 6) is 0.852. The Morgan fingerprint density at radius 3 is 2.39 bits per heavy atom. The first kappa shape index (κ1) is 22.8. The zero-order chi connectivity index (χ0) is 23.6. The molecule has 2 aromatic carbocycles. The Morgan fingerprint density at radius 1 is 1.12 bits per heavy atom. The van der Waals surface area contributed by atoms with Gasteiger partial charge >= 0.3 is 0 Å². The van der Waals surface area contributed by atoms with Gasteiger partial charge in [0.15, 0.2) is 21.3 Å². The molecule has 3 aromatic rings. The summed E-state index contributed by atoms with van der Waals surface area (Å²) in [6, 6.07) is 16.3. The molecule has 0 N–H and O–H groups in total. The number of rotatable bonds is 7. The molecule has 0 bridgehead atoms. The minimum Gasteiger partial charge on any atom is -0.497 e. The van der Waals surface area contributed by atoms with E-state index in [0.717, 1.165) is 16.8 Å². The molecule has 0 radical (unpaired) electrons. The van der Waals surface area contributed by atoms with Crippen LogP contribution in [0, 0.1) is 0 Å². The summed E-state index contributed by atoms with van der Waals surface area (Å²) in [6.45, 7) is 0.289. The highest BCUT2D eigenvalue weighted by Gasteiger charge is 2.36. The Balaban J connectivity index is 1.59. The Labute approximate surface area is 193 Å². The average molecular weight is 470 g/mol. The fourth-order valence-corrected chi connectivity index (χ4v) is 5.63. The van der Waals surface area contributed by atoms with Crippen LogP contribution in [0.2, 0.25) is 0 Å². The maximum atomic E-state index is 13.4. The van der Waals surface area contributed by atoms with E-state index in [0.29, 0.717) is 17.9 Å². The molecule has 33 heavy (non-hydrogen) atoms. The van der Waals surface area contributed by atoms with Crippen molar-refractivity contribution in [2.45, 2.75) is 19.0 Å². The van der Waals surface area contributed by atoms with Gasteiger partial charge in [-0.3, -0.25) is 4.79 Å². The second-order valence-corrected chi connectivity index (χ2v) is 10.6. The SMILES string of the molecule is COc1ccc(-c2cc(C(=O)N(Cc3ccc(N(C)C)cc3)C3CCS(=O)(=O)C3)no2)cc1. The smallest absolute Gasteiger partial charge is 0.276 e. The first-order chi connectivity index (χ1) is 15.8. The summed E-state index contributed by atoms with van der Waals surface area (Å²) in [5, 5.41) is 3.99. The highest BCUT2D eigenvalue weighted by atomic mass is 32.2. The molecule has 174 valence electrons. The van der Waals surface area contributed by atoms with E-state index in [2.05, 4.69) is 5.16 Å². The first-order valence-corrected chi connectivity index (χ1v) is 12.5. The lowest BCUT2D eigenvalue weighted by molar-refractivity contribution is 0.0670. The van der Waals surface area contributed by atoms with E-state index in [1.807, 2.05) is 55.4 Å². The van der Waals surface area contributed by atoms with Crippen LogP contribution < -0.4 is 9.64 Å². The van der Waals surface area contributed by atoms with Gasteiger partial charge in [0.05, 0.1) is 18.6 Å². The third-order valence-corrected chi connectivity index (χ3v) is 7.57. The molecular formula is C24H27N3O5S. The highest BCUT2D eigenvalue weighted by molar-refractivity contribution is 7.91. The largest absolute Gasteiger partial charge is 0.497 e. The van der Waals surface area contributed by atoms with Gasteiger partial charge in [0.1, 0.15) is 5.75 Å². The van der Waals surface area contributed by atoms with E-state index in [9.17, 15) is 13.2 Å². The maximum Gasteiger partial charge on any atom is 0.276 e. The standard InChI is InChI=1S/C24H27N3O5S/c1-26(2)19-8-4-17(5-9-19)15-27(20-12-13-33(29,30)16-20)24(28)22-14-23(32-25-22)18-6-10-21(31-3)11-7-18/h4-11,14,20H,12-13,15-16H2,1-3H3. The summed E-state index contributed by atoms with van der Waals surface area (Å²) in [4.78, 5) is 17.0. The molecule has 2 heterocycles. The van der Waals surface area contributed by atoms with E-state index in [4.69, 9.17) is 9.26 Å². The number of benzene rings is 2. The van der Waals surface area contributed by atoms with Gasteiger partial charge in [0.2, 0.25) is 0 Å². The van der Waals surface area contributed by atoms with Gasteiger partial charge in [-0.2, -0.15) is 0 Å². The number of aromatic nitrogens is 1. The number of ether oxygens (including phenoxy) is 1. The number of carbonyl (C=O) groups excluding carboxylic acids is 1. The van der Waals surface area contributed by atoms with Crippen LogP contribution in [0.4, 0.5) is 5.69 Å². The Morgan fingerprint density at radius 2 is 1.82 bits per heavy atom. The zero-order valence-electron chi connectivity index (χ0n) is 18.9. The number of hydrogen-bond donors (Lipinski definition) is 0. The first-order valence-electron chi connectivity index (χ1n) is 10.6. The number of amides is 1. The van der Waals surface area contributed by atoms with E-state index < -0.39 is 15.9 Å². The minimum absolute atomic E-state index is 0.0439. The average Bonchev–Trinajstić information content (AvgIpc) is 3.44. The summed E-state index contributed by atoms with van der Waals surface area (Å²) >= 11 is 0. The molecule has 0 aliphatic carbocycles. The summed E-state index contributed by atoms with van der Waals surface area (Å²) in [7, 11) is 2.34. The molecule has 1 unspecified atom stereocenters. The van der Waals surface area contributed by atoms with Crippen LogP contribution in [0.5, 0.6) is 5.75 Å². The number of carbonyl (C=O) groups is 1. The molecule has 1 atom stereocenters. The molecule has 1 aromatic heterocycles. The normalized spacial score (nSPS) is 17.0. The summed E-state index contributed by atoms with van der Waals surface area (Å²) < 4.78 is 34.9. The van der Waals surface area contributed by atoms with Crippen molar-refractivity contribution < 1.29 is 22.5 Å². The number of anilines is 1. The van der Waals surface area contributed by atoms with Crippen LogP contribution in [-0.4, -0.2) is 63.1 Å². The van der Waals surface area contributed by atoms with Crippen LogP contribution in [0.3, 0.4) is 0 Å². The van der Waals surface area contributed by atoms with E-state index in [1.165, 1.54) is 0 Å². The van der Waals surface area contributed by atoms with Gasteiger partial charge in [0.25, 0.3) is 5.91 Å². The van der Waals surface area contributed by atoms with Crippen LogP contribution >= 0.6 is 0 Å². The highest BCUT2D eigenvalue weighted by Crippen LogP contribution is 2.26. The Hall–Kier alpha value is -3.33. The monoisotopic (exact) mass is 469 g/mol. The van der Waals surface area contributed by atoms with Crippen molar-refractivity contribution in [2.24, 2.45) is 0 Å². The molecule has 1 saturated heterocycles. The predicted molar refractivity (Wildman–Crippen MR) is 126 cm³/mol. The molecule has 1 fully saturated rings.